The van der Waals surface area contributed by atoms with Gasteiger partial charge in [-0.25, -0.2) is 0 Å². The Morgan fingerprint density at radius 3 is 3.10 bits per heavy atom. The molecular formula is C15H23N3O2. The number of carbonyl (C=O) groups is 1. The van der Waals surface area contributed by atoms with Gasteiger partial charge in [-0.15, -0.1) is 0 Å². The zero-order valence-corrected chi connectivity index (χ0v) is 12.4. The summed E-state index contributed by atoms with van der Waals surface area (Å²) in [4.78, 5) is 18.7. The molecule has 0 radical (unpaired) electrons. The van der Waals surface area contributed by atoms with Crippen molar-refractivity contribution in [3.05, 3.63) is 24.0 Å². The first kappa shape index (κ1) is 14.8. The highest BCUT2D eigenvalue weighted by Gasteiger charge is 2.29. The van der Waals surface area contributed by atoms with E-state index in [-0.39, 0.29) is 18.1 Å². The van der Waals surface area contributed by atoms with E-state index in [0.717, 1.165) is 18.7 Å². The largest absolute Gasteiger partial charge is 0.384 e. The van der Waals surface area contributed by atoms with Crippen LogP contribution in [0, 0.1) is 0 Å². The molecule has 0 aromatic carbocycles. The van der Waals surface area contributed by atoms with Crippen molar-refractivity contribution in [3.8, 4) is 0 Å². The summed E-state index contributed by atoms with van der Waals surface area (Å²) in [7, 11) is 0. The molecule has 1 aliphatic rings. The Morgan fingerprint density at radius 2 is 2.35 bits per heavy atom. The van der Waals surface area contributed by atoms with Crippen LogP contribution in [0.25, 0.3) is 0 Å². The third-order valence-electron chi connectivity index (χ3n) is 3.49. The lowest BCUT2D eigenvalue weighted by molar-refractivity contribution is -0.0386. The van der Waals surface area contributed by atoms with Crippen LogP contribution in [0.15, 0.2) is 18.5 Å². The summed E-state index contributed by atoms with van der Waals surface area (Å²) in [6, 6.07) is 1.95. The SMILES string of the molecule is CCCNc1ccncc1C(=O)N1CC(C)OCC1C. The van der Waals surface area contributed by atoms with Gasteiger partial charge in [-0.05, 0) is 26.3 Å². The fourth-order valence-electron chi connectivity index (χ4n) is 2.32. The van der Waals surface area contributed by atoms with Crippen LogP contribution < -0.4 is 5.32 Å². The zero-order valence-electron chi connectivity index (χ0n) is 12.4. The van der Waals surface area contributed by atoms with Crippen molar-refractivity contribution in [1.82, 2.24) is 9.88 Å². The van der Waals surface area contributed by atoms with Crippen LogP contribution in [0.4, 0.5) is 5.69 Å². The zero-order chi connectivity index (χ0) is 14.5. The second kappa shape index (κ2) is 6.70. The van der Waals surface area contributed by atoms with E-state index in [1.54, 1.807) is 12.4 Å². The number of hydrogen-bond acceptors (Lipinski definition) is 4. The van der Waals surface area contributed by atoms with E-state index in [2.05, 4.69) is 17.2 Å². The summed E-state index contributed by atoms with van der Waals surface area (Å²) in [5.41, 5.74) is 1.50. The van der Waals surface area contributed by atoms with E-state index in [0.29, 0.717) is 18.7 Å². The van der Waals surface area contributed by atoms with E-state index < -0.39 is 0 Å². The topological polar surface area (TPSA) is 54.5 Å². The van der Waals surface area contributed by atoms with Gasteiger partial charge in [0.1, 0.15) is 0 Å². The lowest BCUT2D eigenvalue weighted by Crippen LogP contribution is -2.50. The molecule has 2 atom stereocenters. The molecule has 1 aliphatic heterocycles. The monoisotopic (exact) mass is 277 g/mol. The first-order valence-electron chi connectivity index (χ1n) is 7.24. The van der Waals surface area contributed by atoms with Gasteiger partial charge >= 0.3 is 0 Å². The van der Waals surface area contributed by atoms with Crippen LogP contribution in [0.3, 0.4) is 0 Å². The molecular weight excluding hydrogens is 254 g/mol. The maximum absolute atomic E-state index is 12.7. The van der Waals surface area contributed by atoms with Gasteiger partial charge < -0.3 is 15.0 Å². The number of carbonyl (C=O) groups excluding carboxylic acids is 1. The van der Waals surface area contributed by atoms with Gasteiger partial charge in [-0.3, -0.25) is 9.78 Å². The number of aromatic nitrogens is 1. The molecule has 1 amide bonds. The quantitative estimate of drug-likeness (QED) is 0.916. The molecule has 0 saturated carbocycles. The summed E-state index contributed by atoms with van der Waals surface area (Å²) in [5, 5.41) is 3.29. The predicted molar refractivity (Wildman–Crippen MR) is 78.9 cm³/mol. The average molecular weight is 277 g/mol. The number of ether oxygens (including phenoxy) is 1. The van der Waals surface area contributed by atoms with Crippen LogP contribution in [0.5, 0.6) is 0 Å². The van der Waals surface area contributed by atoms with Gasteiger partial charge in [-0.2, -0.15) is 0 Å². The van der Waals surface area contributed by atoms with Crippen LogP contribution in [-0.2, 0) is 4.74 Å². The molecule has 5 heteroatoms. The molecule has 0 spiro atoms. The minimum absolute atomic E-state index is 0.0272. The number of morpholine rings is 1. The summed E-state index contributed by atoms with van der Waals surface area (Å²) >= 11 is 0. The molecule has 1 saturated heterocycles. The number of amides is 1. The smallest absolute Gasteiger partial charge is 0.257 e. The van der Waals surface area contributed by atoms with Crippen LogP contribution in [0.2, 0.25) is 0 Å². The van der Waals surface area contributed by atoms with E-state index in [4.69, 9.17) is 4.74 Å². The fraction of sp³-hybridized carbons (Fsp3) is 0.600. The number of anilines is 1. The van der Waals surface area contributed by atoms with Gasteiger partial charge in [0.15, 0.2) is 0 Å². The Hall–Kier alpha value is -1.62. The summed E-state index contributed by atoms with van der Waals surface area (Å²) in [6.07, 6.45) is 4.45. The Morgan fingerprint density at radius 1 is 1.55 bits per heavy atom. The highest BCUT2D eigenvalue weighted by atomic mass is 16.5. The van der Waals surface area contributed by atoms with Gasteiger partial charge in [0.2, 0.25) is 0 Å². The van der Waals surface area contributed by atoms with Crippen LogP contribution in [0.1, 0.15) is 37.6 Å². The molecule has 1 fully saturated rings. The summed E-state index contributed by atoms with van der Waals surface area (Å²) in [5.74, 6) is 0.0272. The molecule has 20 heavy (non-hydrogen) atoms. The predicted octanol–water partition coefficient (Wildman–Crippen LogP) is 2.15. The minimum atomic E-state index is 0.0272. The third kappa shape index (κ3) is 3.28. The van der Waals surface area contributed by atoms with Crippen molar-refractivity contribution >= 4 is 11.6 Å². The first-order valence-corrected chi connectivity index (χ1v) is 7.24. The van der Waals surface area contributed by atoms with Gasteiger partial charge in [0.05, 0.1) is 30.0 Å². The molecule has 2 rings (SSSR count). The Labute approximate surface area is 120 Å². The van der Waals surface area contributed by atoms with E-state index in [1.165, 1.54) is 0 Å². The number of hydrogen-bond donors (Lipinski definition) is 1. The molecule has 5 nitrogen and oxygen atoms in total. The fourth-order valence-corrected chi connectivity index (χ4v) is 2.32. The molecule has 1 aromatic heterocycles. The summed E-state index contributed by atoms with van der Waals surface area (Å²) < 4.78 is 5.58. The van der Waals surface area contributed by atoms with Crippen molar-refractivity contribution in [2.75, 3.05) is 25.0 Å². The van der Waals surface area contributed by atoms with Crippen molar-refractivity contribution in [3.63, 3.8) is 0 Å². The molecule has 1 N–H and O–H groups in total. The second-order valence-corrected chi connectivity index (χ2v) is 5.30. The Kier molecular flexibility index (Phi) is 4.95. The number of rotatable bonds is 4. The normalized spacial score (nSPS) is 22.6. The highest BCUT2D eigenvalue weighted by Crippen LogP contribution is 2.20. The molecule has 110 valence electrons. The molecule has 2 unspecified atom stereocenters. The Balaban J connectivity index is 2.19. The number of pyridine rings is 1. The average Bonchev–Trinajstić information content (AvgIpc) is 2.47. The van der Waals surface area contributed by atoms with E-state index >= 15 is 0 Å². The molecule has 0 bridgehead atoms. The molecule has 1 aromatic rings. The number of nitrogens with zero attached hydrogens (tertiary/aromatic N) is 2. The van der Waals surface area contributed by atoms with Crippen molar-refractivity contribution < 1.29 is 9.53 Å². The minimum Gasteiger partial charge on any atom is -0.384 e. The Bertz CT molecular complexity index is 464. The van der Waals surface area contributed by atoms with E-state index in [9.17, 15) is 4.79 Å². The van der Waals surface area contributed by atoms with Crippen molar-refractivity contribution in [2.24, 2.45) is 0 Å². The third-order valence-corrected chi connectivity index (χ3v) is 3.49. The summed E-state index contributed by atoms with van der Waals surface area (Å²) in [6.45, 7) is 8.17. The lowest BCUT2D eigenvalue weighted by atomic mass is 10.1. The molecule has 0 aliphatic carbocycles. The van der Waals surface area contributed by atoms with E-state index in [1.807, 2.05) is 24.8 Å². The number of nitrogens with one attached hydrogen (secondary N) is 1. The van der Waals surface area contributed by atoms with Gasteiger partial charge in [-0.1, -0.05) is 6.92 Å². The maximum Gasteiger partial charge on any atom is 0.257 e. The molecule has 2 heterocycles. The van der Waals surface area contributed by atoms with Gasteiger partial charge in [0, 0.05) is 25.5 Å². The van der Waals surface area contributed by atoms with Crippen LogP contribution in [-0.4, -0.2) is 47.6 Å². The maximum atomic E-state index is 12.7. The van der Waals surface area contributed by atoms with Crippen LogP contribution >= 0.6 is 0 Å². The highest BCUT2D eigenvalue weighted by molar-refractivity contribution is 5.99. The van der Waals surface area contributed by atoms with Gasteiger partial charge in [0.25, 0.3) is 5.91 Å². The second-order valence-electron chi connectivity index (χ2n) is 5.30. The lowest BCUT2D eigenvalue weighted by Gasteiger charge is -2.37. The first-order chi connectivity index (χ1) is 9.63. The standard InChI is InChI=1S/C15H23N3O2/c1-4-6-17-14-5-7-16-8-13(14)15(19)18-9-12(3)20-10-11(18)2/h5,7-8,11-12H,4,6,9-10H2,1-3H3,(H,16,17). The van der Waals surface area contributed by atoms with Crippen molar-refractivity contribution in [1.29, 1.82) is 0 Å². The van der Waals surface area contributed by atoms with Crippen molar-refractivity contribution in [2.45, 2.75) is 39.3 Å².